The van der Waals surface area contributed by atoms with Crippen LogP contribution >= 0.6 is 37.2 Å². The number of ether oxygens (including phenoxy) is 1. The Morgan fingerprint density at radius 1 is 1.03 bits per heavy atom. The van der Waals surface area contributed by atoms with Crippen LogP contribution in [0.15, 0.2) is 48.7 Å². The van der Waals surface area contributed by atoms with E-state index in [9.17, 15) is 0 Å². The van der Waals surface area contributed by atoms with Gasteiger partial charge in [-0.15, -0.1) is 47.4 Å². The molecule has 0 saturated heterocycles. The minimum atomic E-state index is -0.0964. The summed E-state index contributed by atoms with van der Waals surface area (Å²) in [5.74, 6) is 1.46. The molecule has 0 spiro atoms. The number of nitrogens with two attached hydrogens (primary N) is 1. The topological polar surface area (TPSA) is 78.3 Å². The van der Waals surface area contributed by atoms with Gasteiger partial charge < -0.3 is 10.5 Å². The van der Waals surface area contributed by atoms with Crippen LogP contribution in [0.1, 0.15) is 19.4 Å². The Kier molecular flexibility index (Phi) is 8.87. The van der Waals surface area contributed by atoms with Crippen LogP contribution in [0.3, 0.4) is 0 Å². The average Bonchev–Trinajstić information content (AvgIpc) is 3.09. The fourth-order valence-electron chi connectivity index (χ4n) is 2.86. The van der Waals surface area contributed by atoms with Gasteiger partial charge >= 0.3 is 0 Å². The third-order valence-corrected chi connectivity index (χ3v) is 4.65. The van der Waals surface area contributed by atoms with Gasteiger partial charge in [0, 0.05) is 23.5 Å². The minimum Gasteiger partial charge on any atom is -0.491 e. The van der Waals surface area contributed by atoms with E-state index in [1.54, 1.807) is 0 Å². The first-order valence-electron chi connectivity index (χ1n) is 9.01. The monoisotopic (exact) mass is 469 g/mol. The number of aryl methyl sites for hydroxylation is 1. The number of nitrogens with zero attached hydrogens (tertiary/aromatic N) is 4. The fraction of sp³-hybridized carbons (Fsp3) is 0.286. The molecule has 0 atom stereocenters. The van der Waals surface area contributed by atoms with E-state index < -0.39 is 0 Å². The fourth-order valence-corrected chi connectivity index (χ4v) is 2.86. The molecule has 3 heterocycles. The van der Waals surface area contributed by atoms with Crippen molar-refractivity contribution in [2.45, 2.75) is 20.8 Å². The van der Waals surface area contributed by atoms with Crippen LogP contribution < -0.4 is 10.5 Å². The van der Waals surface area contributed by atoms with Crippen LogP contribution in [-0.2, 0) is 0 Å². The largest absolute Gasteiger partial charge is 0.491 e. The smallest absolute Gasteiger partial charge is 0.187 e. The van der Waals surface area contributed by atoms with Gasteiger partial charge in [-0.3, -0.25) is 4.40 Å². The molecule has 0 amide bonds. The summed E-state index contributed by atoms with van der Waals surface area (Å²) in [7, 11) is 0. The average molecular weight is 471 g/mol. The highest BCUT2D eigenvalue weighted by molar-refractivity contribution is 5.86. The minimum absolute atomic E-state index is 0. The van der Waals surface area contributed by atoms with Gasteiger partial charge in [0.05, 0.1) is 6.61 Å². The summed E-state index contributed by atoms with van der Waals surface area (Å²) in [6.07, 6.45) is 1.97. The molecule has 0 radical (unpaired) electrons. The maximum atomic E-state index is 6.07. The summed E-state index contributed by atoms with van der Waals surface area (Å²) in [5, 5.41) is 9.62. The summed E-state index contributed by atoms with van der Waals surface area (Å²) < 4.78 is 8.01. The van der Waals surface area contributed by atoms with E-state index in [1.807, 2.05) is 60.0 Å². The second-order valence-electron chi connectivity index (χ2n) is 7.64. The Morgan fingerprint density at radius 2 is 1.80 bits per heavy atom. The summed E-state index contributed by atoms with van der Waals surface area (Å²) in [4.78, 5) is 4.84. The zero-order valence-corrected chi connectivity index (χ0v) is 19.5. The van der Waals surface area contributed by atoms with Gasteiger partial charge in [0.25, 0.3) is 0 Å². The van der Waals surface area contributed by atoms with Crippen LogP contribution in [0, 0.1) is 12.3 Å². The molecule has 0 unspecified atom stereocenters. The normalized spacial score (nSPS) is 10.8. The number of fused-ring (bicyclic) bond motifs is 2. The van der Waals surface area contributed by atoms with E-state index in [-0.39, 0.29) is 42.6 Å². The van der Waals surface area contributed by atoms with Crippen molar-refractivity contribution in [3.05, 3.63) is 54.2 Å². The first-order chi connectivity index (χ1) is 13.0. The van der Waals surface area contributed by atoms with E-state index in [4.69, 9.17) is 15.5 Å². The number of hydrogen-bond acceptors (Lipinski definition) is 5. The SMILES string of the molecule is Cc1ccn2c(-c3ccc4cccc(OCC(C)(C)CN)c4n3)nnc2c1.Cl.Cl.Cl. The number of halogens is 3. The predicted molar refractivity (Wildman–Crippen MR) is 129 cm³/mol. The van der Waals surface area contributed by atoms with Crippen LogP contribution in [-0.4, -0.2) is 32.7 Å². The van der Waals surface area contributed by atoms with Crippen molar-refractivity contribution in [1.82, 2.24) is 19.6 Å². The lowest BCUT2D eigenvalue weighted by Crippen LogP contribution is -2.30. The number of rotatable bonds is 5. The molecule has 4 aromatic rings. The molecule has 4 rings (SSSR count). The van der Waals surface area contributed by atoms with Gasteiger partial charge in [0.15, 0.2) is 11.5 Å². The lowest BCUT2D eigenvalue weighted by atomic mass is 9.95. The zero-order chi connectivity index (χ0) is 19.0. The van der Waals surface area contributed by atoms with Crippen LogP contribution in [0.2, 0.25) is 0 Å². The molecule has 3 aromatic heterocycles. The molecule has 0 saturated carbocycles. The Labute approximate surface area is 194 Å². The van der Waals surface area contributed by atoms with Crippen molar-refractivity contribution in [3.63, 3.8) is 0 Å². The van der Waals surface area contributed by atoms with Crippen molar-refractivity contribution in [2.75, 3.05) is 13.2 Å². The summed E-state index contributed by atoms with van der Waals surface area (Å²) in [5.41, 5.74) is 9.25. The van der Waals surface area contributed by atoms with Crippen LogP contribution in [0.5, 0.6) is 5.75 Å². The zero-order valence-electron chi connectivity index (χ0n) is 17.0. The molecule has 2 N–H and O–H groups in total. The highest BCUT2D eigenvalue weighted by Crippen LogP contribution is 2.28. The molecule has 9 heteroatoms. The lowest BCUT2D eigenvalue weighted by molar-refractivity contribution is 0.189. The molecule has 6 nitrogen and oxygen atoms in total. The van der Waals surface area contributed by atoms with E-state index in [2.05, 4.69) is 24.0 Å². The van der Waals surface area contributed by atoms with E-state index in [0.29, 0.717) is 19.0 Å². The predicted octanol–water partition coefficient (Wildman–Crippen LogP) is 4.88. The van der Waals surface area contributed by atoms with Crippen LogP contribution in [0.4, 0.5) is 0 Å². The van der Waals surface area contributed by atoms with Gasteiger partial charge in [-0.2, -0.15) is 0 Å². The molecule has 0 bridgehead atoms. The lowest BCUT2D eigenvalue weighted by Gasteiger charge is -2.22. The second kappa shape index (κ2) is 10.3. The molecule has 0 aliphatic rings. The van der Waals surface area contributed by atoms with Gasteiger partial charge in [-0.25, -0.2) is 4.98 Å². The number of hydrogen-bond donors (Lipinski definition) is 1. The maximum Gasteiger partial charge on any atom is 0.187 e. The van der Waals surface area contributed by atoms with Crippen molar-refractivity contribution >= 4 is 53.8 Å². The first-order valence-corrected chi connectivity index (χ1v) is 9.01. The van der Waals surface area contributed by atoms with Crippen molar-refractivity contribution in [1.29, 1.82) is 0 Å². The van der Waals surface area contributed by atoms with Gasteiger partial charge in [0.2, 0.25) is 0 Å². The summed E-state index contributed by atoms with van der Waals surface area (Å²) in [6, 6.07) is 14.0. The highest BCUT2D eigenvalue weighted by Gasteiger charge is 2.18. The van der Waals surface area contributed by atoms with E-state index >= 15 is 0 Å². The Morgan fingerprint density at radius 3 is 2.53 bits per heavy atom. The molecule has 0 aliphatic heterocycles. The van der Waals surface area contributed by atoms with Crippen LogP contribution in [0.25, 0.3) is 28.1 Å². The number of para-hydroxylation sites is 1. The van der Waals surface area contributed by atoms with Crippen molar-refractivity contribution < 1.29 is 4.74 Å². The molecule has 162 valence electrons. The molecule has 0 fully saturated rings. The second-order valence-corrected chi connectivity index (χ2v) is 7.64. The molecule has 1 aromatic carbocycles. The van der Waals surface area contributed by atoms with E-state index in [0.717, 1.165) is 33.6 Å². The molecule has 30 heavy (non-hydrogen) atoms. The Bertz CT molecular complexity index is 1130. The number of benzene rings is 1. The third kappa shape index (κ3) is 5.13. The quantitative estimate of drug-likeness (QED) is 0.449. The standard InChI is InChI=1S/C21H23N5O.3ClH/c1-14-9-10-26-18(11-14)24-25-20(26)16-8-7-15-5-4-6-17(19(15)23-16)27-13-21(2,3)12-22;;;/h4-11H,12-13,22H2,1-3H3;3*1H. The van der Waals surface area contributed by atoms with Crippen molar-refractivity contribution in [3.8, 4) is 17.3 Å². The van der Waals surface area contributed by atoms with E-state index in [1.165, 1.54) is 0 Å². The maximum absolute atomic E-state index is 6.07. The molecule has 0 aliphatic carbocycles. The third-order valence-electron chi connectivity index (χ3n) is 4.65. The van der Waals surface area contributed by atoms with Crippen molar-refractivity contribution in [2.24, 2.45) is 11.1 Å². The van der Waals surface area contributed by atoms with Gasteiger partial charge in [-0.1, -0.05) is 32.0 Å². The van der Waals surface area contributed by atoms with Gasteiger partial charge in [0.1, 0.15) is 17.0 Å². The number of pyridine rings is 2. The van der Waals surface area contributed by atoms with Gasteiger partial charge in [-0.05, 0) is 36.8 Å². The summed E-state index contributed by atoms with van der Waals surface area (Å²) >= 11 is 0. The molecular weight excluding hydrogens is 445 g/mol. The first kappa shape index (κ1) is 25.9. The molecular formula is C21H26Cl3N5O. The summed E-state index contributed by atoms with van der Waals surface area (Å²) in [6.45, 7) is 7.29. The Balaban J connectivity index is 0.00000150. The highest BCUT2D eigenvalue weighted by atomic mass is 35.5. The Hall–Kier alpha value is -2.12. The number of aromatic nitrogens is 4.